The molecule has 1 aliphatic heterocycles. The fourth-order valence-corrected chi connectivity index (χ4v) is 5.64. The number of hydrogen-bond donors (Lipinski definition) is 2. The average molecular weight is 404 g/mol. The van der Waals surface area contributed by atoms with Crippen LogP contribution in [0.1, 0.15) is 54.9 Å². The molecule has 1 aromatic rings. The summed E-state index contributed by atoms with van der Waals surface area (Å²) in [5, 5.41) is 15.1. The first-order valence-corrected chi connectivity index (χ1v) is 11.0. The van der Waals surface area contributed by atoms with Crippen molar-refractivity contribution in [2.75, 3.05) is 12.3 Å². The van der Waals surface area contributed by atoms with E-state index in [4.69, 9.17) is 0 Å². The number of carbonyl (C=O) groups is 2. The second kappa shape index (κ2) is 7.50. The van der Waals surface area contributed by atoms with Crippen LogP contribution in [0, 0.1) is 13.8 Å². The number of fused-ring (bicyclic) bond motifs is 1. The van der Waals surface area contributed by atoms with E-state index >= 15 is 0 Å². The molecule has 0 bridgehead atoms. The second-order valence-electron chi connectivity index (χ2n) is 7.13. The zero-order chi connectivity index (χ0) is 20.6. The Labute approximate surface area is 164 Å². The molecule has 2 aliphatic rings. The lowest BCUT2D eigenvalue weighted by Crippen LogP contribution is -2.27. The molecule has 28 heavy (non-hydrogen) atoms. The molecular formula is C20H24N2O5S. The average Bonchev–Trinajstić information content (AvgIpc) is 2.62. The molecule has 0 unspecified atom stereocenters. The topological polar surface area (TPSA) is 113 Å². The quantitative estimate of drug-likeness (QED) is 0.346. The Morgan fingerprint density at radius 1 is 1.18 bits per heavy atom. The molecule has 0 atom stereocenters. The van der Waals surface area contributed by atoms with Crippen molar-refractivity contribution >= 4 is 32.9 Å². The van der Waals surface area contributed by atoms with E-state index in [1.54, 1.807) is 19.9 Å². The highest BCUT2D eigenvalue weighted by Crippen LogP contribution is 2.36. The van der Waals surface area contributed by atoms with Gasteiger partial charge in [-0.15, -0.1) is 0 Å². The van der Waals surface area contributed by atoms with E-state index in [1.165, 1.54) is 0 Å². The maximum Gasteiger partial charge on any atom is 0.179 e. The fraction of sp³-hybridized carbons (Fsp3) is 0.450. The summed E-state index contributed by atoms with van der Waals surface area (Å²) in [6, 6.07) is 1.54. The molecule has 1 aliphatic carbocycles. The Kier molecular flexibility index (Phi) is 5.43. The van der Waals surface area contributed by atoms with Gasteiger partial charge in [-0.25, -0.2) is 8.42 Å². The van der Waals surface area contributed by atoms with Crippen molar-refractivity contribution in [1.29, 1.82) is 0 Å². The van der Waals surface area contributed by atoms with Crippen LogP contribution in [0.15, 0.2) is 21.6 Å². The Bertz CT molecular complexity index is 1020. The minimum absolute atomic E-state index is 0.0338. The van der Waals surface area contributed by atoms with Crippen LogP contribution in [0.3, 0.4) is 0 Å². The molecule has 2 N–H and O–H groups in total. The van der Waals surface area contributed by atoms with Crippen LogP contribution in [0.4, 0.5) is 0 Å². The Hall–Kier alpha value is -2.48. The van der Waals surface area contributed by atoms with Crippen LogP contribution in [-0.4, -0.2) is 43.1 Å². The standard InChI is InChI=1S/C20H24N2O5S/c1-4-21-22-14-8-9-28(26,27)20-11(2)10-13(12(3)17(14)20)19(25)18-15(23)6-5-7-16(18)24/h10,21,25H,4-9H2,1-3H3. The number of ketones is 2. The lowest BCUT2D eigenvalue weighted by atomic mass is 9.87. The second-order valence-corrected chi connectivity index (χ2v) is 9.18. The zero-order valence-corrected chi connectivity index (χ0v) is 17.1. The Morgan fingerprint density at radius 3 is 2.43 bits per heavy atom. The maximum atomic E-state index is 12.7. The van der Waals surface area contributed by atoms with Crippen molar-refractivity contribution in [2.24, 2.45) is 5.10 Å². The fourth-order valence-electron chi connectivity index (χ4n) is 3.84. The van der Waals surface area contributed by atoms with Crippen LogP contribution >= 0.6 is 0 Å². The van der Waals surface area contributed by atoms with Gasteiger partial charge in [0.25, 0.3) is 0 Å². The summed E-state index contributed by atoms with van der Waals surface area (Å²) >= 11 is 0. The third kappa shape index (κ3) is 3.37. The zero-order valence-electron chi connectivity index (χ0n) is 16.3. The van der Waals surface area contributed by atoms with Crippen molar-refractivity contribution in [3.8, 4) is 0 Å². The smallest absolute Gasteiger partial charge is 0.179 e. The number of benzene rings is 1. The summed E-state index contributed by atoms with van der Waals surface area (Å²) in [5.74, 6) is -1.16. The third-order valence-corrected chi connectivity index (χ3v) is 7.05. The van der Waals surface area contributed by atoms with Crippen LogP contribution in [0.5, 0.6) is 0 Å². The molecule has 1 saturated carbocycles. The molecular weight excluding hydrogens is 380 g/mol. The van der Waals surface area contributed by atoms with Gasteiger partial charge in [0.2, 0.25) is 0 Å². The monoisotopic (exact) mass is 404 g/mol. The minimum atomic E-state index is -3.48. The predicted molar refractivity (Wildman–Crippen MR) is 106 cm³/mol. The molecule has 1 fully saturated rings. The van der Waals surface area contributed by atoms with Crippen molar-refractivity contribution in [3.63, 3.8) is 0 Å². The molecule has 1 heterocycles. The summed E-state index contributed by atoms with van der Waals surface area (Å²) in [5.41, 5.74) is 4.99. The number of allylic oxidation sites excluding steroid dienone is 1. The molecule has 3 rings (SSSR count). The molecule has 1 aromatic carbocycles. The van der Waals surface area contributed by atoms with Crippen molar-refractivity contribution in [2.45, 2.75) is 51.3 Å². The van der Waals surface area contributed by atoms with Gasteiger partial charge in [0.15, 0.2) is 21.4 Å². The first kappa shape index (κ1) is 20.3. The number of rotatable bonds is 3. The molecule has 0 radical (unpaired) electrons. The molecule has 0 aromatic heterocycles. The van der Waals surface area contributed by atoms with E-state index in [0.29, 0.717) is 40.9 Å². The predicted octanol–water partition coefficient (Wildman–Crippen LogP) is 2.39. The van der Waals surface area contributed by atoms with Crippen molar-refractivity contribution in [1.82, 2.24) is 5.43 Å². The Balaban J connectivity index is 2.31. The molecule has 0 saturated heterocycles. The highest BCUT2D eigenvalue weighted by atomic mass is 32.2. The van der Waals surface area contributed by atoms with Crippen molar-refractivity contribution < 1.29 is 23.1 Å². The van der Waals surface area contributed by atoms with E-state index < -0.39 is 9.84 Å². The van der Waals surface area contributed by atoms with Gasteiger partial charge in [-0.05, 0) is 44.4 Å². The minimum Gasteiger partial charge on any atom is -0.506 e. The number of aliphatic hydroxyl groups excluding tert-OH is 1. The van der Waals surface area contributed by atoms with E-state index in [9.17, 15) is 23.1 Å². The SMILES string of the molecule is CCNN=C1CCS(=O)(=O)c2c(C)cc(C(O)=C3C(=O)CCCC3=O)c(C)c21. The highest BCUT2D eigenvalue weighted by molar-refractivity contribution is 7.91. The van der Waals surface area contributed by atoms with Crippen LogP contribution in [0.2, 0.25) is 0 Å². The van der Waals surface area contributed by atoms with E-state index in [2.05, 4.69) is 10.5 Å². The lowest BCUT2D eigenvalue weighted by molar-refractivity contribution is -0.123. The molecule has 8 heteroatoms. The number of carbonyl (C=O) groups excluding carboxylic acids is 2. The number of Topliss-reactive ketones (excluding diaryl/α,β-unsaturated/α-hetero) is 2. The van der Waals surface area contributed by atoms with Gasteiger partial charge >= 0.3 is 0 Å². The maximum absolute atomic E-state index is 12.7. The Morgan fingerprint density at radius 2 is 1.82 bits per heavy atom. The van der Waals surface area contributed by atoms with Gasteiger partial charge in [0.1, 0.15) is 11.3 Å². The van der Waals surface area contributed by atoms with Crippen molar-refractivity contribution in [3.05, 3.63) is 33.9 Å². The number of aliphatic hydroxyl groups is 1. The number of sulfone groups is 1. The molecule has 0 spiro atoms. The first-order valence-electron chi connectivity index (χ1n) is 9.35. The highest BCUT2D eigenvalue weighted by Gasteiger charge is 2.34. The van der Waals surface area contributed by atoms with Gasteiger partial charge in [0.05, 0.1) is 16.4 Å². The van der Waals surface area contributed by atoms with Gasteiger partial charge in [-0.3, -0.25) is 9.59 Å². The first-order chi connectivity index (χ1) is 13.2. The third-order valence-electron chi connectivity index (χ3n) is 5.16. The van der Waals surface area contributed by atoms with Crippen LogP contribution < -0.4 is 5.43 Å². The summed E-state index contributed by atoms with van der Waals surface area (Å²) < 4.78 is 25.4. The van der Waals surface area contributed by atoms with E-state index in [0.717, 1.165) is 0 Å². The van der Waals surface area contributed by atoms with Gasteiger partial charge in [0, 0.05) is 36.9 Å². The number of hydrogen-bond acceptors (Lipinski definition) is 7. The summed E-state index contributed by atoms with van der Waals surface area (Å²) in [6.45, 7) is 5.81. The number of nitrogens with one attached hydrogen (secondary N) is 1. The molecule has 7 nitrogen and oxygen atoms in total. The van der Waals surface area contributed by atoms with E-state index in [-0.39, 0.29) is 52.8 Å². The number of hydrazone groups is 1. The van der Waals surface area contributed by atoms with Gasteiger partial charge < -0.3 is 10.5 Å². The molecule has 150 valence electrons. The van der Waals surface area contributed by atoms with Gasteiger partial charge in [-0.2, -0.15) is 5.10 Å². The lowest BCUT2D eigenvalue weighted by Gasteiger charge is -2.25. The van der Waals surface area contributed by atoms with E-state index in [1.807, 2.05) is 6.92 Å². The van der Waals surface area contributed by atoms with Crippen LogP contribution in [0.25, 0.3) is 5.76 Å². The summed E-state index contributed by atoms with van der Waals surface area (Å²) in [6.07, 6.45) is 1.17. The number of aryl methyl sites for hydroxylation is 1. The normalized spacial score (nSPS) is 20.2. The van der Waals surface area contributed by atoms with Gasteiger partial charge in [-0.1, -0.05) is 0 Å². The van der Waals surface area contributed by atoms with Crippen LogP contribution in [-0.2, 0) is 19.4 Å². The molecule has 0 amide bonds. The summed E-state index contributed by atoms with van der Waals surface area (Å²) in [7, 11) is -3.48. The largest absolute Gasteiger partial charge is 0.506 e. The summed E-state index contributed by atoms with van der Waals surface area (Å²) in [4.78, 5) is 24.7. The number of nitrogens with zero attached hydrogens (tertiary/aromatic N) is 1.